The molecule has 0 aliphatic rings. The van der Waals surface area contributed by atoms with Gasteiger partial charge in [-0.2, -0.15) is 0 Å². The van der Waals surface area contributed by atoms with Gasteiger partial charge in [0.15, 0.2) is 0 Å². The maximum atomic E-state index is 13.1. The van der Waals surface area contributed by atoms with Crippen molar-refractivity contribution < 1.29 is 4.39 Å². The van der Waals surface area contributed by atoms with Gasteiger partial charge in [-0.1, -0.05) is 12.1 Å². The fourth-order valence-electron chi connectivity index (χ4n) is 2.00. The van der Waals surface area contributed by atoms with Gasteiger partial charge < -0.3 is 10.7 Å². The molecule has 3 nitrogen and oxygen atoms in total. The topological polar surface area (TPSA) is 54.7 Å². The molecule has 1 heterocycles. The predicted molar refractivity (Wildman–Crippen MR) is 69.7 cm³/mol. The summed E-state index contributed by atoms with van der Waals surface area (Å²) in [6.07, 6.45) is 0.576. The lowest BCUT2D eigenvalue weighted by Gasteiger charge is -1.97. The van der Waals surface area contributed by atoms with Gasteiger partial charge in [-0.15, -0.1) is 0 Å². The van der Waals surface area contributed by atoms with Gasteiger partial charge in [0.05, 0.1) is 11.0 Å². The van der Waals surface area contributed by atoms with E-state index in [4.69, 9.17) is 5.73 Å². The van der Waals surface area contributed by atoms with Crippen LogP contribution in [0.2, 0.25) is 0 Å². The second kappa shape index (κ2) is 4.14. The Morgan fingerprint density at radius 3 is 2.89 bits per heavy atom. The van der Waals surface area contributed by atoms with E-state index in [0.29, 0.717) is 12.1 Å². The Balaban J connectivity index is 1.95. The summed E-state index contributed by atoms with van der Waals surface area (Å²) in [7, 11) is 0. The standard InChI is InChI=1S/C14H12FN3/c15-10-3-1-2-9(6-10)7-14-17-12-5-4-11(16)8-13(12)18-14/h1-6,8H,7,16H2,(H,17,18). The molecule has 2 aromatic carbocycles. The van der Waals surface area contributed by atoms with Crippen LogP contribution in [0, 0.1) is 5.82 Å². The number of imidazole rings is 1. The highest BCUT2D eigenvalue weighted by molar-refractivity contribution is 5.78. The Morgan fingerprint density at radius 2 is 2.06 bits per heavy atom. The number of fused-ring (bicyclic) bond motifs is 1. The molecule has 0 fully saturated rings. The zero-order valence-electron chi connectivity index (χ0n) is 9.65. The van der Waals surface area contributed by atoms with Crippen LogP contribution >= 0.6 is 0 Å². The third-order valence-corrected chi connectivity index (χ3v) is 2.82. The van der Waals surface area contributed by atoms with E-state index in [0.717, 1.165) is 22.4 Å². The summed E-state index contributed by atoms with van der Waals surface area (Å²) in [5, 5.41) is 0. The highest BCUT2D eigenvalue weighted by atomic mass is 19.1. The quantitative estimate of drug-likeness (QED) is 0.678. The van der Waals surface area contributed by atoms with Crippen molar-refractivity contribution in [3.63, 3.8) is 0 Å². The summed E-state index contributed by atoms with van der Waals surface area (Å²) in [4.78, 5) is 7.64. The lowest BCUT2D eigenvalue weighted by Crippen LogP contribution is -1.91. The highest BCUT2D eigenvalue weighted by Crippen LogP contribution is 2.17. The normalized spacial score (nSPS) is 10.9. The molecular formula is C14H12FN3. The van der Waals surface area contributed by atoms with Crippen LogP contribution in [0.4, 0.5) is 10.1 Å². The maximum Gasteiger partial charge on any atom is 0.123 e. The van der Waals surface area contributed by atoms with Gasteiger partial charge in [0.2, 0.25) is 0 Å². The summed E-state index contributed by atoms with van der Waals surface area (Å²) in [5.41, 5.74) is 9.05. The van der Waals surface area contributed by atoms with Crippen molar-refractivity contribution in [1.29, 1.82) is 0 Å². The van der Waals surface area contributed by atoms with E-state index in [-0.39, 0.29) is 5.82 Å². The number of H-pyrrole nitrogens is 1. The monoisotopic (exact) mass is 241 g/mol. The first-order chi connectivity index (χ1) is 8.70. The van der Waals surface area contributed by atoms with Crippen molar-refractivity contribution in [3.8, 4) is 0 Å². The van der Waals surface area contributed by atoms with Crippen LogP contribution in [-0.2, 0) is 6.42 Å². The van der Waals surface area contributed by atoms with Gasteiger partial charge in [0.25, 0.3) is 0 Å². The molecule has 0 aliphatic carbocycles. The number of nitrogens with zero attached hydrogens (tertiary/aromatic N) is 1. The highest BCUT2D eigenvalue weighted by Gasteiger charge is 2.04. The van der Waals surface area contributed by atoms with Crippen molar-refractivity contribution in [2.75, 3.05) is 5.73 Å². The van der Waals surface area contributed by atoms with Crippen molar-refractivity contribution in [3.05, 3.63) is 59.7 Å². The molecule has 0 bridgehead atoms. The number of nitrogen functional groups attached to an aromatic ring is 1. The first-order valence-corrected chi connectivity index (χ1v) is 5.69. The number of nitrogens with one attached hydrogen (secondary N) is 1. The van der Waals surface area contributed by atoms with Crippen LogP contribution < -0.4 is 5.73 Å². The number of aromatic amines is 1. The van der Waals surface area contributed by atoms with Crippen LogP contribution in [0.5, 0.6) is 0 Å². The molecule has 0 unspecified atom stereocenters. The lowest BCUT2D eigenvalue weighted by molar-refractivity contribution is 0.626. The van der Waals surface area contributed by atoms with Crippen molar-refractivity contribution in [2.45, 2.75) is 6.42 Å². The van der Waals surface area contributed by atoms with E-state index < -0.39 is 0 Å². The number of aromatic nitrogens is 2. The first-order valence-electron chi connectivity index (χ1n) is 5.69. The molecule has 0 saturated heterocycles. The molecule has 0 spiro atoms. The van der Waals surface area contributed by atoms with Crippen LogP contribution in [0.25, 0.3) is 11.0 Å². The molecule has 0 amide bonds. The number of anilines is 1. The predicted octanol–water partition coefficient (Wildman–Crippen LogP) is 2.88. The van der Waals surface area contributed by atoms with Crippen LogP contribution in [-0.4, -0.2) is 9.97 Å². The average molecular weight is 241 g/mol. The smallest absolute Gasteiger partial charge is 0.123 e. The molecule has 0 saturated carbocycles. The van der Waals surface area contributed by atoms with Crippen LogP contribution in [0.3, 0.4) is 0 Å². The fourth-order valence-corrected chi connectivity index (χ4v) is 2.00. The van der Waals surface area contributed by atoms with Crippen molar-refractivity contribution in [2.24, 2.45) is 0 Å². The summed E-state index contributed by atoms with van der Waals surface area (Å²) in [6.45, 7) is 0. The van der Waals surface area contributed by atoms with Gasteiger partial charge in [0.1, 0.15) is 11.6 Å². The van der Waals surface area contributed by atoms with E-state index in [1.54, 1.807) is 6.07 Å². The molecule has 3 aromatic rings. The summed E-state index contributed by atoms with van der Waals surface area (Å²) in [6, 6.07) is 12.1. The van der Waals surface area contributed by atoms with Crippen LogP contribution in [0.1, 0.15) is 11.4 Å². The molecule has 18 heavy (non-hydrogen) atoms. The fraction of sp³-hybridized carbons (Fsp3) is 0.0714. The number of rotatable bonds is 2. The van der Waals surface area contributed by atoms with Gasteiger partial charge in [-0.3, -0.25) is 0 Å². The zero-order valence-corrected chi connectivity index (χ0v) is 9.65. The largest absolute Gasteiger partial charge is 0.399 e. The molecule has 0 aliphatic heterocycles. The minimum absolute atomic E-state index is 0.229. The third-order valence-electron chi connectivity index (χ3n) is 2.82. The Kier molecular flexibility index (Phi) is 2.48. The number of hydrogen-bond acceptors (Lipinski definition) is 2. The van der Waals surface area contributed by atoms with Crippen LogP contribution in [0.15, 0.2) is 42.5 Å². The minimum Gasteiger partial charge on any atom is -0.399 e. The number of halogens is 1. The van der Waals surface area contributed by atoms with E-state index >= 15 is 0 Å². The molecule has 0 atom stereocenters. The van der Waals surface area contributed by atoms with Gasteiger partial charge >= 0.3 is 0 Å². The SMILES string of the molecule is Nc1ccc2[nH]c(Cc3cccc(F)c3)nc2c1. The van der Waals surface area contributed by atoms with Gasteiger partial charge in [0, 0.05) is 12.1 Å². The van der Waals surface area contributed by atoms with Crippen molar-refractivity contribution in [1.82, 2.24) is 9.97 Å². The molecule has 90 valence electrons. The molecule has 4 heteroatoms. The van der Waals surface area contributed by atoms with Gasteiger partial charge in [-0.05, 0) is 35.9 Å². The number of nitrogens with two attached hydrogens (primary N) is 1. The molecular weight excluding hydrogens is 229 g/mol. The van der Waals surface area contributed by atoms with E-state index in [1.807, 2.05) is 24.3 Å². The Labute approximate surface area is 103 Å². The molecule has 1 aromatic heterocycles. The molecule has 3 N–H and O–H groups in total. The summed E-state index contributed by atoms with van der Waals surface area (Å²) >= 11 is 0. The maximum absolute atomic E-state index is 13.1. The van der Waals surface area contributed by atoms with E-state index in [9.17, 15) is 4.39 Å². The molecule has 3 rings (SSSR count). The Hall–Kier alpha value is -2.36. The lowest BCUT2D eigenvalue weighted by atomic mass is 10.1. The second-order valence-electron chi connectivity index (χ2n) is 4.27. The first kappa shape index (κ1) is 10.8. The Bertz CT molecular complexity index is 703. The third kappa shape index (κ3) is 2.05. The second-order valence-corrected chi connectivity index (χ2v) is 4.27. The van der Waals surface area contributed by atoms with E-state index in [2.05, 4.69) is 9.97 Å². The summed E-state index contributed by atoms with van der Waals surface area (Å²) in [5.74, 6) is 0.578. The Morgan fingerprint density at radius 1 is 1.17 bits per heavy atom. The number of hydrogen-bond donors (Lipinski definition) is 2. The zero-order chi connectivity index (χ0) is 12.5. The average Bonchev–Trinajstić information content (AvgIpc) is 2.70. The minimum atomic E-state index is -0.229. The molecule has 0 radical (unpaired) electrons. The number of benzene rings is 2. The van der Waals surface area contributed by atoms with Crippen molar-refractivity contribution >= 4 is 16.7 Å². The summed E-state index contributed by atoms with van der Waals surface area (Å²) < 4.78 is 13.1. The van der Waals surface area contributed by atoms with Gasteiger partial charge in [-0.25, -0.2) is 9.37 Å². The van der Waals surface area contributed by atoms with E-state index in [1.165, 1.54) is 12.1 Å².